The van der Waals surface area contributed by atoms with Crippen LogP contribution in [0.25, 0.3) is 0 Å². The lowest BCUT2D eigenvalue weighted by Crippen LogP contribution is -2.44. The second kappa shape index (κ2) is 7.09. The standard InChI is InChI=1S/C17H21F4NO3/c1-16(2,3)25-15(23)22-8-6-12(7-9-22)24-14-10-11(18)4-5-13(14)17(19,20)21/h4-5,10,12H,6-9H2,1-3H3. The van der Waals surface area contributed by atoms with Crippen molar-refractivity contribution in [2.24, 2.45) is 0 Å². The zero-order valence-corrected chi connectivity index (χ0v) is 14.3. The minimum Gasteiger partial charge on any atom is -0.490 e. The van der Waals surface area contributed by atoms with Crippen molar-refractivity contribution in [3.63, 3.8) is 0 Å². The molecule has 1 aromatic carbocycles. The van der Waals surface area contributed by atoms with E-state index in [9.17, 15) is 22.4 Å². The Morgan fingerprint density at radius 1 is 1.16 bits per heavy atom. The lowest BCUT2D eigenvalue weighted by atomic mass is 10.1. The highest BCUT2D eigenvalue weighted by Gasteiger charge is 2.36. The molecule has 4 nitrogen and oxygen atoms in total. The minimum atomic E-state index is -4.62. The number of carbonyl (C=O) groups excluding carboxylic acids is 1. The van der Waals surface area contributed by atoms with Crippen molar-refractivity contribution in [2.75, 3.05) is 13.1 Å². The van der Waals surface area contributed by atoms with Crippen molar-refractivity contribution in [2.45, 2.75) is 51.5 Å². The van der Waals surface area contributed by atoms with Crippen LogP contribution in [0.3, 0.4) is 0 Å². The molecule has 2 rings (SSSR count). The van der Waals surface area contributed by atoms with E-state index in [1.165, 1.54) is 4.90 Å². The molecule has 0 aliphatic carbocycles. The van der Waals surface area contributed by atoms with Crippen LogP contribution in [0.15, 0.2) is 18.2 Å². The number of piperidine rings is 1. The van der Waals surface area contributed by atoms with Gasteiger partial charge in [0.05, 0.1) is 5.56 Å². The lowest BCUT2D eigenvalue weighted by Gasteiger charge is -2.33. The molecule has 25 heavy (non-hydrogen) atoms. The Labute approximate surface area is 143 Å². The fraction of sp³-hybridized carbons (Fsp3) is 0.588. The summed E-state index contributed by atoms with van der Waals surface area (Å²) in [6.45, 7) is 5.86. The summed E-state index contributed by atoms with van der Waals surface area (Å²) in [4.78, 5) is 13.5. The summed E-state index contributed by atoms with van der Waals surface area (Å²) < 4.78 is 62.9. The van der Waals surface area contributed by atoms with Crippen LogP contribution in [-0.2, 0) is 10.9 Å². The molecule has 0 unspecified atom stereocenters. The Bertz CT molecular complexity index is 617. The Hall–Kier alpha value is -1.99. The third-order valence-corrected chi connectivity index (χ3v) is 3.64. The normalized spacial score (nSPS) is 16.7. The number of rotatable bonds is 2. The summed E-state index contributed by atoms with van der Waals surface area (Å²) in [5.41, 5.74) is -1.63. The Morgan fingerprint density at radius 2 is 1.76 bits per heavy atom. The van der Waals surface area contributed by atoms with Crippen LogP contribution in [0.5, 0.6) is 5.75 Å². The van der Waals surface area contributed by atoms with Crippen molar-refractivity contribution in [3.8, 4) is 5.75 Å². The number of alkyl halides is 3. The molecule has 1 aromatic rings. The number of hydrogen-bond acceptors (Lipinski definition) is 3. The summed E-state index contributed by atoms with van der Waals surface area (Å²) in [7, 11) is 0. The molecule has 1 fully saturated rings. The van der Waals surface area contributed by atoms with E-state index in [0.29, 0.717) is 32.0 Å². The van der Waals surface area contributed by atoms with E-state index in [1.54, 1.807) is 20.8 Å². The third-order valence-electron chi connectivity index (χ3n) is 3.64. The first kappa shape index (κ1) is 19.3. The van der Waals surface area contributed by atoms with Gasteiger partial charge in [0.25, 0.3) is 0 Å². The van der Waals surface area contributed by atoms with E-state index in [0.717, 1.165) is 12.1 Å². The molecule has 0 aromatic heterocycles. The molecule has 140 valence electrons. The van der Waals surface area contributed by atoms with Crippen LogP contribution >= 0.6 is 0 Å². The van der Waals surface area contributed by atoms with E-state index in [1.807, 2.05) is 0 Å². The van der Waals surface area contributed by atoms with Crippen molar-refractivity contribution >= 4 is 6.09 Å². The first-order valence-electron chi connectivity index (χ1n) is 7.97. The van der Waals surface area contributed by atoms with Crippen LogP contribution in [0.1, 0.15) is 39.2 Å². The van der Waals surface area contributed by atoms with Crippen molar-refractivity contribution < 1.29 is 31.8 Å². The maximum Gasteiger partial charge on any atom is 0.419 e. The van der Waals surface area contributed by atoms with Gasteiger partial charge < -0.3 is 14.4 Å². The van der Waals surface area contributed by atoms with Gasteiger partial charge in [-0.25, -0.2) is 9.18 Å². The predicted molar refractivity (Wildman–Crippen MR) is 82.9 cm³/mol. The van der Waals surface area contributed by atoms with Crippen LogP contribution in [0, 0.1) is 5.82 Å². The molecule has 1 aliphatic heterocycles. The number of benzene rings is 1. The van der Waals surface area contributed by atoms with Gasteiger partial charge in [0, 0.05) is 32.0 Å². The number of likely N-dealkylation sites (tertiary alicyclic amines) is 1. The van der Waals surface area contributed by atoms with Gasteiger partial charge in [-0.3, -0.25) is 0 Å². The lowest BCUT2D eigenvalue weighted by molar-refractivity contribution is -0.139. The van der Waals surface area contributed by atoms with E-state index < -0.39 is 41.1 Å². The SMILES string of the molecule is CC(C)(C)OC(=O)N1CCC(Oc2cc(F)ccc2C(F)(F)F)CC1. The van der Waals surface area contributed by atoms with Gasteiger partial charge in [-0.05, 0) is 32.9 Å². The monoisotopic (exact) mass is 363 g/mol. The third kappa shape index (κ3) is 5.51. The van der Waals surface area contributed by atoms with E-state index in [2.05, 4.69) is 0 Å². The van der Waals surface area contributed by atoms with E-state index >= 15 is 0 Å². The molecule has 1 saturated heterocycles. The van der Waals surface area contributed by atoms with Crippen LogP contribution < -0.4 is 4.74 Å². The Morgan fingerprint density at radius 3 is 2.28 bits per heavy atom. The molecule has 1 amide bonds. The van der Waals surface area contributed by atoms with Gasteiger partial charge in [-0.15, -0.1) is 0 Å². The highest BCUT2D eigenvalue weighted by molar-refractivity contribution is 5.68. The quantitative estimate of drug-likeness (QED) is 0.720. The van der Waals surface area contributed by atoms with Gasteiger partial charge in [-0.2, -0.15) is 13.2 Å². The highest BCUT2D eigenvalue weighted by Crippen LogP contribution is 2.37. The van der Waals surface area contributed by atoms with Gasteiger partial charge in [0.2, 0.25) is 0 Å². The predicted octanol–water partition coefficient (Wildman–Crippen LogP) is 4.62. The molecule has 8 heteroatoms. The summed E-state index contributed by atoms with van der Waals surface area (Å²) in [5.74, 6) is -1.32. The zero-order chi connectivity index (χ0) is 18.8. The molecule has 1 aliphatic rings. The molecule has 0 atom stereocenters. The van der Waals surface area contributed by atoms with Gasteiger partial charge in [0.1, 0.15) is 23.3 Å². The summed E-state index contributed by atoms with van der Waals surface area (Å²) in [6.07, 6.45) is -4.94. The average Bonchev–Trinajstić information content (AvgIpc) is 2.45. The molecule has 0 spiro atoms. The topological polar surface area (TPSA) is 38.8 Å². The van der Waals surface area contributed by atoms with Gasteiger partial charge in [0.15, 0.2) is 0 Å². The van der Waals surface area contributed by atoms with Gasteiger partial charge >= 0.3 is 12.3 Å². The molecular formula is C17H21F4NO3. The van der Waals surface area contributed by atoms with Crippen molar-refractivity contribution in [1.29, 1.82) is 0 Å². The maximum absolute atomic E-state index is 13.3. The molecular weight excluding hydrogens is 342 g/mol. The molecule has 0 radical (unpaired) electrons. The largest absolute Gasteiger partial charge is 0.490 e. The number of amides is 1. The molecule has 1 heterocycles. The van der Waals surface area contributed by atoms with E-state index in [-0.39, 0.29) is 0 Å². The average molecular weight is 363 g/mol. The molecule has 0 N–H and O–H groups in total. The summed E-state index contributed by atoms with van der Waals surface area (Å²) in [5, 5.41) is 0. The van der Waals surface area contributed by atoms with Crippen LogP contribution in [0.2, 0.25) is 0 Å². The zero-order valence-electron chi connectivity index (χ0n) is 14.3. The Balaban J connectivity index is 1.99. The smallest absolute Gasteiger partial charge is 0.419 e. The van der Waals surface area contributed by atoms with Crippen molar-refractivity contribution in [3.05, 3.63) is 29.6 Å². The van der Waals surface area contributed by atoms with Gasteiger partial charge in [-0.1, -0.05) is 0 Å². The maximum atomic E-state index is 13.3. The summed E-state index contributed by atoms with van der Waals surface area (Å²) in [6, 6.07) is 2.16. The minimum absolute atomic E-state index is 0.302. The number of nitrogens with zero attached hydrogens (tertiary/aromatic N) is 1. The number of carbonyl (C=O) groups is 1. The van der Waals surface area contributed by atoms with E-state index in [4.69, 9.17) is 9.47 Å². The van der Waals surface area contributed by atoms with Crippen molar-refractivity contribution in [1.82, 2.24) is 4.90 Å². The number of halogens is 4. The molecule has 0 bridgehead atoms. The Kier molecular flexibility index (Phi) is 5.49. The summed E-state index contributed by atoms with van der Waals surface area (Å²) >= 11 is 0. The second-order valence-electron chi connectivity index (χ2n) is 6.92. The first-order valence-corrected chi connectivity index (χ1v) is 7.97. The fourth-order valence-electron chi connectivity index (χ4n) is 2.49. The van der Waals surface area contributed by atoms with Crippen LogP contribution in [-0.4, -0.2) is 35.8 Å². The van der Waals surface area contributed by atoms with Crippen LogP contribution in [0.4, 0.5) is 22.4 Å². The fourth-order valence-corrected chi connectivity index (χ4v) is 2.49. The first-order chi connectivity index (χ1) is 11.5. The highest BCUT2D eigenvalue weighted by atomic mass is 19.4. The second-order valence-corrected chi connectivity index (χ2v) is 6.92. The number of hydrogen-bond donors (Lipinski definition) is 0. The number of ether oxygens (including phenoxy) is 2. The molecule has 0 saturated carbocycles.